The molecule has 0 radical (unpaired) electrons. The third-order valence-electron chi connectivity index (χ3n) is 11.9. The summed E-state index contributed by atoms with van der Waals surface area (Å²) >= 11 is 0. The van der Waals surface area contributed by atoms with Gasteiger partial charge in [-0.2, -0.15) is 21.0 Å². The van der Waals surface area contributed by atoms with E-state index < -0.39 is 0 Å². The van der Waals surface area contributed by atoms with Gasteiger partial charge in [0.25, 0.3) is 0 Å². The molecular formula is C52H24N6O2. The van der Waals surface area contributed by atoms with Crippen molar-refractivity contribution in [3.8, 4) is 46.8 Å². The summed E-state index contributed by atoms with van der Waals surface area (Å²) < 4.78 is 17.0. The van der Waals surface area contributed by atoms with Gasteiger partial charge in [-0.1, -0.05) is 78.9 Å². The average molecular weight is 765 g/mol. The fourth-order valence-electron chi connectivity index (χ4n) is 9.41. The maximum Gasteiger partial charge on any atom is 0.145 e. The normalized spacial score (nSPS) is 11.6. The van der Waals surface area contributed by atoms with Crippen LogP contribution in [0.25, 0.3) is 110 Å². The first-order chi connectivity index (χ1) is 29.6. The van der Waals surface area contributed by atoms with Crippen molar-refractivity contribution < 1.29 is 8.83 Å². The van der Waals surface area contributed by atoms with Gasteiger partial charge in [-0.25, -0.2) is 0 Å². The molecule has 0 aliphatic heterocycles. The number of furan rings is 2. The zero-order valence-electron chi connectivity index (χ0n) is 31.4. The van der Waals surface area contributed by atoms with Crippen LogP contribution in [0.1, 0.15) is 22.3 Å². The van der Waals surface area contributed by atoms with Crippen molar-refractivity contribution in [2.75, 3.05) is 0 Å². The van der Waals surface area contributed by atoms with Crippen molar-refractivity contribution in [1.82, 2.24) is 9.13 Å². The van der Waals surface area contributed by atoms with Crippen LogP contribution in [0.3, 0.4) is 0 Å². The predicted molar refractivity (Wildman–Crippen MR) is 234 cm³/mol. The maximum atomic E-state index is 11.0. The summed E-state index contributed by atoms with van der Waals surface area (Å²) in [5.41, 5.74) is 8.83. The van der Waals surface area contributed by atoms with Crippen LogP contribution in [-0.2, 0) is 0 Å². The Kier molecular flexibility index (Phi) is 6.73. The third kappa shape index (κ3) is 4.28. The van der Waals surface area contributed by atoms with Crippen LogP contribution in [-0.4, -0.2) is 9.13 Å². The molecule has 60 heavy (non-hydrogen) atoms. The van der Waals surface area contributed by atoms with Gasteiger partial charge in [0.15, 0.2) is 0 Å². The molecule has 12 aromatic rings. The van der Waals surface area contributed by atoms with E-state index in [-0.39, 0.29) is 16.7 Å². The van der Waals surface area contributed by atoms with Crippen LogP contribution in [0.5, 0.6) is 0 Å². The van der Waals surface area contributed by atoms with Crippen LogP contribution in [0.4, 0.5) is 0 Å². The van der Waals surface area contributed by atoms with Crippen molar-refractivity contribution in [2.24, 2.45) is 0 Å². The Morgan fingerprint density at radius 3 is 1.42 bits per heavy atom. The summed E-state index contributed by atoms with van der Waals surface area (Å²) in [6.45, 7) is 0. The summed E-state index contributed by atoms with van der Waals surface area (Å²) in [4.78, 5) is 0. The minimum atomic E-state index is 0.0594. The summed E-state index contributed by atoms with van der Waals surface area (Å²) in [6, 6.07) is 56.2. The highest BCUT2D eigenvalue weighted by Crippen LogP contribution is 2.45. The SMILES string of the molecule is N#Cc1ccc(-c2c(C#N)cc(-n3c4ccccc4c4c5oc6ccccc6c5ccc43)c(C#N)c2C#N)cc1-n1c2ccccc2c2c3oc4ccccc4c3ccc21. The van der Waals surface area contributed by atoms with Gasteiger partial charge in [-0.05, 0) is 72.3 Å². The maximum absolute atomic E-state index is 11.0. The summed E-state index contributed by atoms with van der Waals surface area (Å²) in [5.74, 6) is 0. The van der Waals surface area contributed by atoms with Crippen molar-refractivity contribution in [2.45, 2.75) is 0 Å². The fraction of sp³-hybridized carbons (Fsp3) is 0. The Hall–Kier alpha value is -9.08. The smallest absolute Gasteiger partial charge is 0.145 e. The first-order valence-corrected chi connectivity index (χ1v) is 19.2. The molecule has 0 N–H and O–H groups in total. The molecule has 12 rings (SSSR count). The molecule has 0 bridgehead atoms. The zero-order chi connectivity index (χ0) is 40.2. The highest BCUT2D eigenvalue weighted by molar-refractivity contribution is 6.25. The lowest BCUT2D eigenvalue weighted by Gasteiger charge is -2.17. The molecule has 0 fully saturated rings. The number of benzene rings is 8. The van der Waals surface area contributed by atoms with E-state index >= 15 is 0 Å². The highest BCUT2D eigenvalue weighted by Gasteiger charge is 2.26. The Labute approximate surface area is 340 Å². The quantitative estimate of drug-likeness (QED) is 0.176. The van der Waals surface area contributed by atoms with E-state index in [1.165, 1.54) is 0 Å². The van der Waals surface area contributed by atoms with E-state index in [4.69, 9.17) is 8.83 Å². The van der Waals surface area contributed by atoms with E-state index in [0.717, 1.165) is 87.5 Å². The van der Waals surface area contributed by atoms with Crippen LogP contribution in [0.2, 0.25) is 0 Å². The molecular weight excluding hydrogens is 741 g/mol. The molecule has 0 unspecified atom stereocenters. The molecule has 274 valence electrons. The molecule has 8 aromatic carbocycles. The standard InChI is InChI=1S/C52H24N6O2/c53-25-30-18-17-29(23-44(30)57-40-13-5-1-11-36(40)49-42(57)21-19-34-32-9-3-7-15-46(32)59-51(34)49)48-31(26-54)24-45(38(27-55)39(48)28-56)58-41-14-6-2-12-37(41)50-43(58)22-20-35-33-10-4-8-16-47(33)60-52(35)50/h1-24H. The molecule has 0 spiro atoms. The minimum Gasteiger partial charge on any atom is -0.455 e. The van der Waals surface area contributed by atoms with Crippen LogP contribution >= 0.6 is 0 Å². The van der Waals surface area contributed by atoms with E-state index in [2.05, 4.69) is 24.3 Å². The van der Waals surface area contributed by atoms with Gasteiger partial charge < -0.3 is 18.0 Å². The van der Waals surface area contributed by atoms with E-state index in [1.807, 2.05) is 137 Å². The zero-order valence-corrected chi connectivity index (χ0v) is 31.4. The lowest BCUT2D eigenvalue weighted by molar-refractivity contribution is 0.672. The lowest BCUT2D eigenvalue weighted by atomic mass is 9.90. The minimum absolute atomic E-state index is 0.0594. The van der Waals surface area contributed by atoms with Gasteiger partial charge in [0.05, 0.1) is 72.5 Å². The average Bonchev–Trinajstić information content (AvgIpc) is 4.05. The molecule has 0 saturated heterocycles. The molecule has 8 nitrogen and oxygen atoms in total. The van der Waals surface area contributed by atoms with Crippen molar-refractivity contribution >= 4 is 87.5 Å². The number of nitrogens with zero attached hydrogens (tertiary/aromatic N) is 6. The summed E-state index contributed by atoms with van der Waals surface area (Å²) in [5, 5.41) is 51.0. The molecule has 0 saturated carbocycles. The number of para-hydroxylation sites is 4. The van der Waals surface area contributed by atoms with E-state index in [9.17, 15) is 21.0 Å². The van der Waals surface area contributed by atoms with Gasteiger partial charge in [0.1, 0.15) is 40.5 Å². The molecule has 0 amide bonds. The monoisotopic (exact) mass is 764 g/mol. The first kappa shape index (κ1) is 33.1. The Balaban J connectivity index is 1.13. The molecule has 4 heterocycles. The van der Waals surface area contributed by atoms with Crippen molar-refractivity contribution in [1.29, 1.82) is 21.0 Å². The second-order valence-electron chi connectivity index (χ2n) is 14.8. The van der Waals surface area contributed by atoms with E-state index in [1.54, 1.807) is 18.2 Å². The Bertz CT molecular complexity index is 4070. The molecule has 8 heteroatoms. The van der Waals surface area contributed by atoms with Crippen LogP contribution < -0.4 is 0 Å². The Morgan fingerprint density at radius 1 is 0.383 bits per heavy atom. The predicted octanol–water partition coefficient (Wildman–Crippen LogP) is 12.8. The summed E-state index contributed by atoms with van der Waals surface area (Å²) in [7, 11) is 0. The van der Waals surface area contributed by atoms with Gasteiger partial charge >= 0.3 is 0 Å². The second-order valence-corrected chi connectivity index (χ2v) is 14.8. The number of fused-ring (bicyclic) bond motifs is 14. The third-order valence-corrected chi connectivity index (χ3v) is 11.9. The summed E-state index contributed by atoms with van der Waals surface area (Å²) in [6.07, 6.45) is 0. The topological polar surface area (TPSA) is 131 Å². The Morgan fingerprint density at radius 2 is 0.883 bits per heavy atom. The number of rotatable bonds is 3. The van der Waals surface area contributed by atoms with Crippen molar-refractivity contribution in [3.05, 3.63) is 168 Å². The number of nitriles is 4. The lowest BCUT2D eigenvalue weighted by Crippen LogP contribution is -2.05. The number of aromatic nitrogens is 2. The van der Waals surface area contributed by atoms with Gasteiger partial charge in [-0.3, -0.25) is 0 Å². The number of hydrogen-bond acceptors (Lipinski definition) is 6. The molecule has 0 atom stereocenters. The molecule has 0 aliphatic rings. The largest absolute Gasteiger partial charge is 0.455 e. The second kappa shape index (κ2) is 12.2. The van der Waals surface area contributed by atoms with Gasteiger partial charge in [0, 0.05) is 37.9 Å². The van der Waals surface area contributed by atoms with E-state index in [0.29, 0.717) is 28.1 Å². The van der Waals surface area contributed by atoms with Gasteiger partial charge in [0.2, 0.25) is 0 Å². The molecule has 0 aliphatic carbocycles. The highest BCUT2D eigenvalue weighted by atomic mass is 16.3. The van der Waals surface area contributed by atoms with Crippen LogP contribution in [0, 0.1) is 45.3 Å². The molecule has 4 aromatic heterocycles. The van der Waals surface area contributed by atoms with Gasteiger partial charge in [-0.15, -0.1) is 0 Å². The number of hydrogen-bond donors (Lipinski definition) is 0. The first-order valence-electron chi connectivity index (χ1n) is 19.2. The fourth-order valence-corrected chi connectivity index (χ4v) is 9.41. The van der Waals surface area contributed by atoms with Crippen molar-refractivity contribution in [3.63, 3.8) is 0 Å². The van der Waals surface area contributed by atoms with Crippen LogP contribution in [0.15, 0.2) is 154 Å².